The molecule has 36 heavy (non-hydrogen) atoms. The van der Waals surface area contributed by atoms with Crippen molar-refractivity contribution in [3.63, 3.8) is 0 Å². The summed E-state index contributed by atoms with van der Waals surface area (Å²) in [5.74, 6) is 0. The lowest BCUT2D eigenvalue weighted by atomic mass is 9.84. The van der Waals surface area contributed by atoms with Crippen LogP contribution in [-0.2, 0) is 9.47 Å². The second-order valence-electron chi connectivity index (χ2n) is 9.75. The monoisotopic (exact) mass is 478 g/mol. The van der Waals surface area contributed by atoms with Crippen LogP contribution in [-0.4, -0.2) is 62.4 Å². The van der Waals surface area contributed by atoms with Crippen LogP contribution in [0.25, 0.3) is 10.8 Å². The maximum Gasteiger partial charge on any atom is 0.0607 e. The van der Waals surface area contributed by atoms with Crippen molar-refractivity contribution >= 4 is 10.8 Å². The molecule has 2 unspecified atom stereocenters. The summed E-state index contributed by atoms with van der Waals surface area (Å²) in [6.07, 6.45) is 0. The maximum absolute atomic E-state index is 5.77. The molecule has 0 spiro atoms. The molecule has 4 aromatic carbocycles. The van der Waals surface area contributed by atoms with Crippen LogP contribution in [0, 0.1) is 0 Å². The maximum atomic E-state index is 5.77. The third-order valence-corrected chi connectivity index (χ3v) is 7.59. The lowest BCUT2D eigenvalue weighted by molar-refractivity contribution is 0.0196. The molecule has 0 radical (unpaired) electrons. The Morgan fingerprint density at radius 1 is 0.472 bits per heavy atom. The van der Waals surface area contributed by atoms with Crippen molar-refractivity contribution in [3.05, 3.63) is 119 Å². The van der Waals surface area contributed by atoms with Crippen molar-refractivity contribution in [2.45, 2.75) is 12.1 Å². The van der Waals surface area contributed by atoms with Crippen molar-refractivity contribution in [2.75, 3.05) is 52.6 Å². The van der Waals surface area contributed by atoms with Crippen molar-refractivity contribution in [3.8, 4) is 0 Å². The van der Waals surface area contributed by atoms with Crippen LogP contribution in [0.15, 0.2) is 97.1 Å². The Morgan fingerprint density at radius 2 is 0.833 bits per heavy atom. The first-order valence-corrected chi connectivity index (χ1v) is 13.1. The topological polar surface area (TPSA) is 24.9 Å². The summed E-state index contributed by atoms with van der Waals surface area (Å²) in [7, 11) is 0. The van der Waals surface area contributed by atoms with Crippen LogP contribution in [0.3, 0.4) is 0 Å². The summed E-state index contributed by atoms with van der Waals surface area (Å²) in [6.45, 7) is 6.82. The summed E-state index contributed by atoms with van der Waals surface area (Å²) in [5.41, 5.74) is 5.46. The van der Waals surface area contributed by atoms with E-state index in [1.54, 1.807) is 0 Å². The van der Waals surface area contributed by atoms with E-state index in [9.17, 15) is 0 Å². The van der Waals surface area contributed by atoms with Crippen molar-refractivity contribution < 1.29 is 9.47 Å². The minimum atomic E-state index is 0.168. The number of hydrogen-bond acceptors (Lipinski definition) is 4. The summed E-state index contributed by atoms with van der Waals surface area (Å²) in [4.78, 5) is 5.21. The van der Waals surface area contributed by atoms with Gasteiger partial charge in [0, 0.05) is 26.2 Å². The highest BCUT2D eigenvalue weighted by atomic mass is 16.5. The molecule has 2 heterocycles. The van der Waals surface area contributed by atoms with E-state index in [1.807, 2.05) is 0 Å². The zero-order valence-electron chi connectivity index (χ0n) is 20.8. The third-order valence-electron chi connectivity index (χ3n) is 7.59. The largest absolute Gasteiger partial charge is 0.379 e. The molecule has 2 aliphatic heterocycles. The van der Waals surface area contributed by atoms with Gasteiger partial charge in [0.2, 0.25) is 0 Å². The second-order valence-corrected chi connectivity index (χ2v) is 9.75. The number of nitrogens with zero attached hydrogens (tertiary/aromatic N) is 2. The molecule has 0 saturated carbocycles. The fourth-order valence-electron chi connectivity index (χ4n) is 5.87. The lowest BCUT2D eigenvalue weighted by Crippen LogP contribution is -2.42. The number of rotatable bonds is 6. The lowest BCUT2D eigenvalue weighted by Gasteiger charge is -2.40. The molecule has 0 amide bonds. The van der Waals surface area contributed by atoms with Gasteiger partial charge in [-0.15, -0.1) is 0 Å². The van der Waals surface area contributed by atoms with E-state index in [0.29, 0.717) is 0 Å². The van der Waals surface area contributed by atoms with E-state index < -0.39 is 0 Å². The van der Waals surface area contributed by atoms with E-state index in [4.69, 9.17) is 9.47 Å². The standard InChI is InChI=1S/C32H34N2O2/c1-3-9-25(10-4-1)31(33-15-19-35-20-16-33)29-23-27-13-7-8-14-28(27)24-30(29)32(26-11-5-2-6-12-26)34-17-21-36-22-18-34/h1-14,23-24,31-32H,15-22H2. The van der Waals surface area contributed by atoms with Crippen LogP contribution >= 0.6 is 0 Å². The van der Waals surface area contributed by atoms with E-state index in [2.05, 4.69) is 107 Å². The second kappa shape index (κ2) is 10.9. The van der Waals surface area contributed by atoms with Crippen LogP contribution in [0.4, 0.5) is 0 Å². The molecule has 4 nitrogen and oxygen atoms in total. The van der Waals surface area contributed by atoms with Crippen molar-refractivity contribution in [2.24, 2.45) is 0 Å². The van der Waals surface area contributed by atoms with Gasteiger partial charge in [-0.3, -0.25) is 9.80 Å². The first kappa shape index (κ1) is 23.4. The van der Waals surface area contributed by atoms with Gasteiger partial charge >= 0.3 is 0 Å². The van der Waals surface area contributed by atoms with Gasteiger partial charge in [-0.2, -0.15) is 0 Å². The Kier molecular flexibility index (Phi) is 7.10. The van der Waals surface area contributed by atoms with E-state index >= 15 is 0 Å². The molecule has 0 bridgehead atoms. The van der Waals surface area contributed by atoms with Gasteiger partial charge in [0.1, 0.15) is 0 Å². The summed E-state index contributed by atoms with van der Waals surface area (Å²) >= 11 is 0. The fraction of sp³-hybridized carbons (Fsp3) is 0.312. The van der Waals surface area contributed by atoms with E-state index in [-0.39, 0.29) is 12.1 Å². The highest BCUT2D eigenvalue weighted by molar-refractivity contribution is 5.84. The Morgan fingerprint density at radius 3 is 1.22 bits per heavy atom. The smallest absolute Gasteiger partial charge is 0.0607 e. The molecule has 0 N–H and O–H groups in total. The molecule has 4 aromatic rings. The van der Waals surface area contributed by atoms with Gasteiger partial charge < -0.3 is 9.47 Å². The predicted octanol–water partition coefficient (Wildman–Crippen LogP) is 5.68. The molecule has 0 aromatic heterocycles. The molecule has 4 heteroatoms. The zero-order valence-corrected chi connectivity index (χ0v) is 20.8. The molecule has 6 rings (SSSR count). The molecular formula is C32H34N2O2. The molecular weight excluding hydrogens is 444 g/mol. The highest BCUT2D eigenvalue weighted by Crippen LogP contribution is 2.40. The van der Waals surface area contributed by atoms with Crippen molar-refractivity contribution in [1.29, 1.82) is 0 Å². The van der Waals surface area contributed by atoms with Gasteiger partial charge in [0.05, 0.1) is 38.5 Å². The minimum absolute atomic E-state index is 0.168. The van der Waals surface area contributed by atoms with Gasteiger partial charge in [0.25, 0.3) is 0 Å². The van der Waals surface area contributed by atoms with Gasteiger partial charge in [-0.25, -0.2) is 0 Å². The Bertz CT molecular complexity index is 1170. The molecule has 0 aliphatic carbocycles. The average Bonchev–Trinajstić information content (AvgIpc) is 2.96. The molecule has 2 atom stereocenters. The third kappa shape index (κ3) is 4.82. The van der Waals surface area contributed by atoms with Crippen LogP contribution in [0.2, 0.25) is 0 Å². The highest BCUT2D eigenvalue weighted by Gasteiger charge is 2.32. The minimum Gasteiger partial charge on any atom is -0.379 e. The summed E-state index contributed by atoms with van der Waals surface area (Å²) < 4.78 is 11.5. The van der Waals surface area contributed by atoms with Gasteiger partial charge in [-0.05, 0) is 45.2 Å². The molecule has 2 fully saturated rings. The van der Waals surface area contributed by atoms with Crippen LogP contribution in [0.5, 0.6) is 0 Å². The van der Waals surface area contributed by atoms with E-state index in [1.165, 1.54) is 33.0 Å². The quantitative estimate of drug-likeness (QED) is 0.356. The van der Waals surface area contributed by atoms with Crippen molar-refractivity contribution in [1.82, 2.24) is 9.80 Å². The number of morpholine rings is 2. The number of ether oxygens (including phenoxy) is 2. The summed E-state index contributed by atoms with van der Waals surface area (Å²) in [6, 6.07) is 36.1. The van der Waals surface area contributed by atoms with Gasteiger partial charge in [-0.1, -0.05) is 84.9 Å². The Labute approximate surface area is 214 Å². The van der Waals surface area contributed by atoms with Crippen LogP contribution < -0.4 is 0 Å². The van der Waals surface area contributed by atoms with Crippen LogP contribution in [0.1, 0.15) is 34.3 Å². The zero-order chi connectivity index (χ0) is 24.2. The van der Waals surface area contributed by atoms with E-state index in [0.717, 1.165) is 52.6 Å². The molecule has 2 saturated heterocycles. The molecule has 2 aliphatic rings. The molecule has 184 valence electrons. The summed E-state index contributed by atoms with van der Waals surface area (Å²) in [5, 5.41) is 2.58. The number of benzene rings is 4. The Hall–Kier alpha value is -3.02. The first-order valence-electron chi connectivity index (χ1n) is 13.1. The fourth-order valence-corrected chi connectivity index (χ4v) is 5.87. The average molecular weight is 479 g/mol. The SMILES string of the molecule is c1ccc(C(c2cc3ccccc3cc2C(c2ccccc2)N2CCOCC2)N2CCOCC2)cc1. The van der Waals surface area contributed by atoms with Gasteiger partial charge in [0.15, 0.2) is 0 Å². The number of hydrogen-bond donors (Lipinski definition) is 0. The predicted molar refractivity (Wildman–Crippen MR) is 145 cm³/mol. The normalized spacial score (nSPS) is 19.2. The Balaban J connectivity index is 1.58. The number of fused-ring (bicyclic) bond motifs is 1. The first-order chi connectivity index (χ1) is 17.9.